The van der Waals surface area contributed by atoms with Crippen LogP contribution < -0.4 is 10.4 Å². The van der Waals surface area contributed by atoms with Crippen LogP contribution in [0.3, 0.4) is 0 Å². The lowest BCUT2D eigenvalue weighted by atomic mass is 10.0. The Balaban J connectivity index is 1.40. The maximum Gasteiger partial charge on any atom is 0.243 e. The summed E-state index contributed by atoms with van der Waals surface area (Å²) in [4.78, 5) is 34.2. The Morgan fingerprint density at radius 2 is 1.62 bits per heavy atom. The molecule has 29 heavy (non-hydrogen) atoms. The van der Waals surface area contributed by atoms with Gasteiger partial charge in [0.1, 0.15) is 0 Å². The Hall–Kier alpha value is -2.80. The highest BCUT2D eigenvalue weighted by molar-refractivity contribution is 5.95. The van der Waals surface area contributed by atoms with E-state index in [0.29, 0.717) is 24.4 Å². The highest BCUT2D eigenvalue weighted by Gasteiger charge is 2.18. The minimum atomic E-state index is -0.350. The number of amides is 1. The second kappa shape index (κ2) is 10.7. The quantitative estimate of drug-likeness (QED) is 0.276. The Morgan fingerprint density at radius 3 is 2.34 bits per heavy atom. The number of hydroxylamine groups is 1. The molecule has 0 atom stereocenters. The van der Waals surface area contributed by atoms with Gasteiger partial charge in [0.25, 0.3) is 0 Å². The van der Waals surface area contributed by atoms with Crippen molar-refractivity contribution >= 4 is 17.6 Å². The van der Waals surface area contributed by atoms with Gasteiger partial charge in [-0.1, -0.05) is 43.5 Å². The van der Waals surface area contributed by atoms with Gasteiger partial charge in [-0.05, 0) is 30.4 Å². The van der Waals surface area contributed by atoms with Crippen molar-refractivity contribution in [2.45, 2.75) is 57.9 Å². The average Bonchev–Trinajstić information content (AvgIpc) is 2.77. The second-order valence-corrected chi connectivity index (χ2v) is 7.44. The number of anilines is 1. The molecule has 0 unspecified atom stereocenters. The first-order chi connectivity index (χ1) is 14.2. The lowest BCUT2D eigenvalue weighted by Gasteiger charge is -2.28. The molecule has 2 heterocycles. The van der Waals surface area contributed by atoms with Crippen LogP contribution >= 0.6 is 0 Å². The molecule has 0 radical (unpaired) electrons. The van der Waals surface area contributed by atoms with Crippen LogP contribution in [0.1, 0.15) is 66.4 Å². The standard InChI is InChI=1S/C22H28N4O3/c27-20(10-4-2-1-3-5-11-21(28)25-29)19-14-23-22(24-15-19)26-13-12-17-8-6-7-9-18(17)16-26/h6-9,14-15,29H,1-5,10-13,16H2,(H,25,28). The number of hydrogen-bond acceptors (Lipinski definition) is 6. The molecule has 154 valence electrons. The molecule has 1 aliphatic rings. The number of carbonyl (C=O) groups excluding carboxylic acids is 2. The lowest BCUT2D eigenvalue weighted by Crippen LogP contribution is -2.31. The Morgan fingerprint density at radius 1 is 0.966 bits per heavy atom. The molecular weight excluding hydrogens is 368 g/mol. The summed E-state index contributed by atoms with van der Waals surface area (Å²) >= 11 is 0. The van der Waals surface area contributed by atoms with Crippen molar-refractivity contribution < 1.29 is 14.8 Å². The molecular formula is C22H28N4O3. The number of rotatable bonds is 10. The highest BCUT2D eigenvalue weighted by Crippen LogP contribution is 2.21. The smallest absolute Gasteiger partial charge is 0.243 e. The zero-order chi connectivity index (χ0) is 20.5. The Labute approximate surface area is 171 Å². The molecule has 1 aliphatic heterocycles. The first-order valence-corrected chi connectivity index (χ1v) is 10.3. The van der Waals surface area contributed by atoms with Gasteiger partial charge in [-0.25, -0.2) is 15.4 Å². The Bertz CT molecular complexity index is 823. The minimum absolute atomic E-state index is 0.0696. The van der Waals surface area contributed by atoms with Crippen LogP contribution in [-0.4, -0.2) is 33.4 Å². The minimum Gasteiger partial charge on any atom is -0.336 e. The van der Waals surface area contributed by atoms with Crippen LogP contribution in [0.5, 0.6) is 0 Å². The van der Waals surface area contributed by atoms with Crippen molar-refractivity contribution in [1.82, 2.24) is 15.4 Å². The van der Waals surface area contributed by atoms with Crippen molar-refractivity contribution in [3.05, 3.63) is 53.3 Å². The van der Waals surface area contributed by atoms with E-state index in [4.69, 9.17) is 5.21 Å². The molecule has 0 saturated heterocycles. The summed E-state index contributed by atoms with van der Waals surface area (Å²) in [5.41, 5.74) is 4.88. The van der Waals surface area contributed by atoms with Gasteiger partial charge < -0.3 is 4.90 Å². The summed E-state index contributed by atoms with van der Waals surface area (Å²) in [5.74, 6) is 0.389. The fourth-order valence-corrected chi connectivity index (χ4v) is 3.60. The number of unbranched alkanes of at least 4 members (excludes halogenated alkanes) is 4. The van der Waals surface area contributed by atoms with Crippen LogP contribution in [0.2, 0.25) is 0 Å². The van der Waals surface area contributed by atoms with Crippen molar-refractivity contribution in [3.63, 3.8) is 0 Å². The van der Waals surface area contributed by atoms with Crippen LogP contribution in [0.15, 0.2) is 36.7 Å². The summed E-state index contributed by atoms with van der Waals surface area (Å²) in [5, 5.41) is 8.43. The van der Waals surface area contributed by atoms with Gasteiger partial charge in [0.15, 0.2) is 5.78 Å². The third kappa shape index (κ3) is 6.09. The molecule has 7 nitrogen and oxygen atoms in total. The fourth-order valence-electron chi connectivity index (χ4n) is 3.60. The lowest BCUT2D eigenvalue weighted by molar-refractivity contribution is -0.129. The molecule has 3 rings (SSSR count). The van der Waals surface area contributed by atoms with Gasteiger partial charge in [0.05, 0.1) is 5.56 Å². The fraction of sp³-hybridized carbons (Fsp3) is 0.455. The summed E-state index contributed by atoms with van der Waals surface area (Å²) in [6.07, 6.45) is 9.46. The maximum absolute atomic E-state index is 12.3. The van der Waals surface area contributed by atoms with E-state index in [0.717, 1.165) is 51.6 Å². The average molecular weight is 396 g/mol. The van der Waals surface area contributed by atoms with Crippen molar-refractivity contribution in [3.8, 4) is 0 Å². The molecule has 0 aliphatic carbocycles. The van der Waals surface area contributed by atoms with E-state index in [1.54, 1.807) is 17.9 Å². The number of ketones is 1. The predicted molar refractivity (Wildman–Crippen MR) is 110 cm³/mol. The van der Waals surface area contributed by atoms with E-state index in [1.807, 2.05) is 0 Å². The number of carbonyl (C=O) groups is 2. The van der Waals surface area contributed by atoms with Crippen LogP contribution in [0, 0.1) is 0 Å². The summed E-state index contributed by atoms with van der Waals surface area (Å²) < 4.78 is 0. The topological polar surface area (TPSA) is 95.4 Å². The molecule has 0 spiro atoms. The van der Waals surface area contributed by atoms with Gasteiger partial charge in [0.2, 0.25) is 11.9 Å². The van der Waals surface area contributed by atoms with Gasteiger partial charge in [0, 0.05) is 38.3 Å². The summed E-state index contributed by atoms with van der Waals surface area (Å²) in [6, 6.07) is 8.43. The van der Waals surface area contributed by atoms with Crippen molar-refractivity contribution in [1.29, 1.82) is 0 Å². The number of fused-ring (bicyclic) bond motifs is 1. The zero-order valence-electron chi connectivity index (χ0n) is 16.6. The molecule has 1 aromatic heterocycles. The number of Topliss-reactive ketones (excluding diaryl/α,β-unsaturated/α-hetero) is 1. The first kappa shape index (κ1) is 20.9. The zero-order valence-corrected chi connectivity index (χ0v) is 16.6. The van der Waals surface area contributed by atoms with E-state index in [2.05, 4.69) is 39.1 Å². The second-order valence-electron chi connectivity index (χ2n) is 7.44. The molecule has 2 N–H and O–H groups in total. The van der Waals surface area contributed by atoms with Gasteiger partial charge in [-0.2, -0.15) is 0 Å². The van der Waals surface area contributed by atoms with Gasteiger partial charge in [-0.3, -0.25) is 14.8 Å². The third-order valence-electron chi connectivity index (χ3n) is 5.31. The van der Waals surface area contributed by atoms with E-state index in [9.17, 15) is 9.59 Å². The van der Waals surface area contributed by atoms with Crippen LogP contribution in [-0.2, 0) is 17.8 Å². The maximum atomic E-state index is 12.3. The molecule has 1 aromatic carbocycles. The third-order valence-corrected chi connectivity index (χ3v) is 5.31. The number of nitrogens with zero attached hydrogens (tertiary/aromatic N) is 3. The number of hydrogen-bond donors (Lipinski definition) is 2. The first-order valence-electron chi connectivity index (χ1n) is 10.3. The number of aromatic nitrogens is 2. The largest absolute Gasteiger partial charge is 0.336 e. The van der Waals surface area contributed by atoms with Gasteiger partial charge >= 0.3 is 0 Å². The molecule has 7 heteroatoms. The summed E-state index contributed by atoms with van der Waals surface area (Å²) in [7, 11) is 0. The molecule has 2 aromatic rings. The summed E-state index contributed by atoms with van der Waals surface area (Å²) in [6.45, 7) is 1.67. The van der Waals surface area contributed by atoms with Crippen LogP contribution in [0.25, 0.3) is 0 Å². The van der Waals surface area contributed by atoms with E-state index in [-0.39, 0.29) is 11.7 Å². The molecule has 0 saturated carbocycles. The van der Waals surface area contributed by atoms with E-state index >= 15 is 0 Å². The molecule has 1 amide bonds. The monoisotopic (exact) mass is 396 g/mol. The normalized spacial score (nSPS) is 13.1. The van der Waals surface area contributed by atoms with Crippen LogP contribution in [0.4, 0.5) is 5.95 Å². The molecule has 0 bridgehead atoms. The number of nitrogens with one attached hydrogen (secondary N) is 1. The highest BCUT2D eigenvalue weighted by atomic mass is 16.5. The Kier molecular flexibility index (Phi) is 7.69. The SMILES string of the molecule is O=C(CCCCCCCC(=O)c1cnc(N2CCc3ccccc3C2)nc1)NO. The van der Waals surface area contributed by atoms with Crippen molar-refractivity contribution in [2.24, 2.45) is 0 Å². The van der Waals surface area contributed by atoms with E-state index in [1.165, 1.54) is 11.1 Å². The predicted octanol–water partition coefficient (Wildman–Crippen LogP) is 3.46. The number of benzene rings is 1. The van der Waals surface area contributed by atoms with E-state index < -0.39 is 0 Å². The van der Waals surface area contributed by atoms with Crippen molar-refractivity contribution in [2.75, 3.05) is 11.4 Å². The van der Waals surface area contributed by atoms with Gasteiger partial charge in [-0.15, -0.1) is 0 Å². The molecule has 0 fully saturated rings.